The predicted octanol–water partition coefficient (Wildman–Crippen LogP) is 3.58. The highest BCUT2D eigenvalue weighted by Gasteiger charge is 2.34. The van der Waals surface area contributed by atoms with E-state index >= 15 is 0 Å². The van der Waals surface area contributed by atoms with Crippen molar-refractivity contribution in [3.63, 3.8) is 0 Å². The number of benzene rings is 1. The quantitative estimate of drug-likeness (QED) is 0.920. The van der Waals surface area contributed by atoms with Gasteiger partial charge in [0.25, 0.3) is 0 Å². The van der Waals surface area contributed by atoms with Crippen LogP contribution in [0.2, 0.25) is 0 Å². The van der Waals surface area contributed by atoms with E-state index in [4.69, 9.17) is 5.73 Å². The Morgan fingerprint density at radius 2 is 1.90 bits per heavy atom. The fraction of sp³-hybridized carbons (Fsp3) is 0.533. The van der Waals surface area contributed by atoms with E-state index < -0.39 is 12.7 Å². The Hall–Kier alpha value is -1.56. The zero-order chi connectivity index (χ0) is 15.0. The van der Waals surface area contributed by atoms with E-state index in [1.807, 2.05) is 0 Å². The highest BCUT2D eigenvalue weighted by molar-refractivity contribution is 5.76. The van der Waals surface area contributed by atoms with Gasteiger partial charge in [0.15, 0.2) is 0 Å². The van der Waals surface area contributed by atoms with Gasteiger partial charge in [-0.1, -0.05) is 25.0 Å². The normalized spacial score (nSPS) is 23.6. The van der Waals surface area contributed by atoms with Gasteiger partial charge in [0, 0.05) is 12.0 Å². The number of nitrogens with zero attached hydrogens (tertiary/aromatic N) is 2. The first-order chi connectivity index (χ1) is 9.96. The molecule has 0 bridgehead atoms. The van der Waals surface area contributed by atoms with Crippen molar-refractivity contribution in [2.75, 3.05) is 0 Å². The molecule has 0 spiro atoms. The topological polar surface area (TPSA) is 43.8 Å². The zero-order valence-electron chi connectivity index (χ0n) is 11.6. The molecule has 1 heterocycles. The molecule has 3 nitrogen and oxygen atoms in total. The molecule has 6 heteroatoms. The Kier molecular flexibility index (Phi) is 3.65. The summed E-state index contributed by atoms with van der Waals surface area (Å²) in [7, 11) is 0. The van der Waals surface area contributed by atoms with Crippen molar-refractivity contribution in [3.05, 3.63) is 30.1 Å². The molecule has 3 rings (SSSR count). The molecule has 1 aliphatic rings. The van der Waals surface area contributed by atoms with E-state index in [-0.39, 0.29) is 12.0 Å². The van der Waals surface area contributed by atoms with Gasteiger partial charge in [-0.05, 0) is 25.0 Å². The second-order valence-corrected chi connectivity index (χ2v) is 5.71. The molecule has 1 fully saturated rings. The predicted molar refractivity (Wildman–Crippen MR) is 75.0 cm³/mol. The molecular formula is C15H18F3N3. The molecule has 0 amide bonds. The molecule has 2 atom stereocenters. The number of nitrogens with two attached hydrogens (primary N) is 1. The summed E-state index contributed by atoms with van der Waals surface area (Å²) in [6.45, 7) is -1.01. The molecule has 114 valence electrons. The maximum atomic E-state index is 12.9. The molecule has 1 aromatic carbocycles. The molecule has 2 N–H and O–H groups in total. The molecule has 2 unspecified atom stereocenters. The number of aromatic nitrogens is 2. The van der Waals surface area contributed by atoms with Crippen LogP contribution in [0.5, 0.6) is 0 Å². The zero-order valence-corrected chi connectivity index (χ0v) is 11.6. The summed E-state index contributed by atoms with van der Waals surface area (Å²) in [5.41, 5.74) is 7.27. The highest BCUT2D eigenvalue weighted by Crippen LogP contribution is 2.34. The second kappa shape index (κ2) is 5.33. The minimum Gasteiger partial charge on any atom is -0.327 e. The molecule has 0 saturated heterocycles. The third-order valence-corrected chi connectivity index (χ3v) is 4.17. The molecular weight excluding hydrogens is 279 g/mol. The number of hydrogen-bond acceptors (Lipinski definition) is 2. The van der Waals surface area contributed by atoms with E-state index in [0.29, 0.717) is 16.9 Å². The van der Waals surface area contributed by atoms with Crippen molar-refractivity contribution in [3.8, 4) is 0 Å². The lowest BCUT2D eigenvalue weighted by Gasteiger charge is -2.28. The van der Waals surface area contributed by atoms with E-state index in [1.54, 1.807) is 24.3 Å². The van der Waals surface area contributed by atoms with Gasteiger partial charge in [-0.25, -0.2) is 4.98 Å². The summed E-state index contributed by atoms with van der Waals surface area (Å²) < 4.78 is 40.0. The Morgan fingerprint density at radius 3 is 2.62 bits per heavy atom. The van der Waals surface area contributed by atoms with E-state index in [9.17, 15) is 13.2 Å². The summed E-state index contributed by atoms with van der Waals surface area (Å²) >= 11 is 0. The average Bonchev–Trinajstić information content (AvgIpc) is 2.76. The monoisotopic (exact) mass is 297 g/mol. The number of alkyl halides is 3. The first-order valence-corrected chi connectivity index (χ1v) is 7.23. The Balaban J connectivity index is 2.09. The molecule has 21 heavy (non-hydrogen) atoms. The summed E-state index contributed by atoms with van der Waals surface area (Å²) in [5.74, 6) is 0.397. The Morgan fingerprint density at radius 1 is 1.19 bits per heavy atom. The summed E-state index contributed by atoms with van der Waals surface area (Å²) in [4.78, 5) is 4.45. The van der Waals surface area contributed by atoms with Gasteiger partial charge < -0.3 is 10.3 Å². The van der Waals surface area contributed by atoms with Crippen LogP contribution in [0.15, 0.2) is 24.3 Å². The van der Waals surface area contributed by atoms with Crippen molar-refractivity contribution in [1.82, 2.24) is 9.55 Å². The molecule has 2 aromatic rings. The maximum absolute atomic E-state index is 12.9. The number of halogens is 3. The van der Waals surface area contributed by atoms with E-state index in [2.05, 4.69) is 4.98 Å². The van der Waals surface area contributed by atoms with Crippen LogP contribution in [0.1, 0.15) is 37.4 Å². The fourth-order valence-corrected chi connectivity index (χ4v) is 3.20. The van der Waals surface area contributed by atoms with Crippen molar-refractivity contribution >= 4 is 11.0 Å². The van der Waals surface area contributed by atoms with Crippen molar-refractivity contribution in [1.29, 1.82) is 0 Å². The maximum Gasteiger partial charge on any atom is 0.406 e. The van der Waals surface area contributed by atoms with E-state index in [1.165, 1.54) is 4.57 Å². The van der Waals surface area contributed by atoms with Crippen molar-refractivity contribution in [2.24, 2.45) is 5.73 Å². The smallest absolute Gasteiger partial charge is 0.327 e. The van der Waals surface area contributed by atoms with Crippen molar-refractivity contribution in [2.45, 2.75) is 50.4 Å². The van der Waals surface area contributed by atoms with E-state index in [0.717, 1.165) is 25.7 Å². The first kappa shape index (κ1) is 14.4. The molecule has 0 radical (unpaired) electrons. The van der Waals surface area contributed by atoms with Crippen LogP contribution < -0.4 is 5.73 Å². The van der Waals surface area contributed by atoms with Gasteiger partial charge in [0.2, 0.25) is 0 Å². The van der Waals surface area contributed by atoms with Gasteiger partial charge >= 0.3 is 6.18 Å². The van der Waals surface area contributed by atoms with Crippen LogP contribution in [0.4, 0.5) is 13.2 Å². The van der Waals surface area contributed by atoms with Gasteiger partial charge in [-0.3, -0.25) is 0 Å². The van der Waals surface area contributed by atoms with Crippen LogP contribution >= 0.6 is 0 Å². The Labute approximate surface area is 121 Å². The molecule has 1 saturated carbocycles. The van der Waals surface area contributed by atoms with Gasteiger partial charge in [-0.15, -0.1) is 0 Å². The summed E-state index contributed by atoms with van der Waals surface area (Å²) in [5, 5.41) is 0. The average molecular weight is 297 g/mol. The number of hydrogen-bond donors (Lipinski definition) is 1. The van der Waals surface area contributed by atoms with Crippen molar-refractivity contribution < 1.29 is 13.2 Å². The molecule has 1 aliphatic carbocycles. The molecule has 0 aliphatic heterocycles. The van der Waals surface area contributed by atoms with Crippen LogP contribution in [-0.2, 0) is 6.54 Å². The van der Waals surface area contributed by atoms with Crippen LogP contribution in [0.3, 0.4) is 0 Å². The minimum atomic E-state index is -4.27. The summed E-state index contributed by atoms with van der Waals surface area (Å²) in [6.07, 6.45) is -0.579. The lowest BCUT2D eigenvalue weighted by atomic mass is 9.84. The highest BCUT2D eigenvalue weighted by atomic mass is 19.4. The standard InChI is InChI=1S/C15H18F3N3/c16-15(17,18)9-21-13-8-4-3-7-12(13)20-14(21)10-5-1-2-6-11(10)19/h3-4,7-8,10-11H,1-2,5-6,9,19H2. The number of fused-ring (bicyclic) bond motifs is 1. The van der Waals surface area contributed by atoms with Gasteiger partial charge in [0.1, 0.15) is 12.4 Å². The van der Waals surface area contributed by atoms with Gasteiger partial charge in [0.05, 0.1) is 11.0 Å². The number of para-hydroxylation sites is 2. The largest absolute Gasteiger partial charge is 0.406 e. The van der Waals surface area contributed by atoms with Gasteiger partial charge in [-0.2, -0.15) is 13.2 Å². The summed E-state index contributed by atoms with van der Waals surface area (Å²) in [6, 6.07) is 6.85. The number of imidazole rings is 1. The lowest BCUT2D eigenvalue weighted by molar-refractivity contribution is -0.140. The van der Waals surface area contributed by atoms with Crippen LogP contribution in [0, 0.1) is 0 Å². The third kappa shape index (κ3) is 2.90. The first-order valence-electron chi connectivity index (χ1n) is 7.23. The number of rotatable bonds is 2. The van der Waals surface area contributed by atoms with Crippen LogP contribution in [-0.4, -0.2) is 21.8 Å². The second-order valence-electron chi connectivity index (χ2n) is 5.71. The fourth-order valence-electron chi connectivity index (χ4n) is 3.20. The Bertz CT molecular complexity index is 633. The lowest BCUT2D eigenvalue weighted by Crippen LogP contribution is -2.34. The molecule has 1 aromatic heterocycles. The third-order valence-electron chi connectivity index (χ3n) is 4.17. The van der Waals surface area contributed by atoms with Crippen LogP contribution in [0.25, 0.3) is 11.0 Å². The minimum absolute atomic E-state index is 0.0894. The SMILES string of the molecule is NC1CCCCC1c1nc2ccccc2n1CC(F)(F)F.